The smallest absolute Gasteiger partial charge is 0.124 e. The van der Waals surface area contributed by atoms with E-state index in [1.54, 1.807) is 23.5 Å². The van der Waals surface area contributed by atoms with E-state index in [-0.39, 0.29) is 5.75 Å². The molecule has 1 N–H and O–H groups in total. The molecule has 3 heteroatoms. The van der Waals surface area contributed by atoms with E-state index in [1.807, 2.05) is 12.1 Å². The Kier molecular flexibility index (Phi) is 3.52. The van der Waals surface area contributed by atoms with Crippen LogP contribution in [0.1, 0.15) is 12.5 Å². The fraction of sp³-hybridized carbons (Fsp3) is 0.118. The Morgan fingerprint density at radius 3 is 2.55 bits per heavy atom. The molecule has 2 aromatic carbocycles. The molecule has 100 valence electrons. The minimum Gasteiger partial charge on any atom is -0.508 e. The van der Waals surface area contributed by atoms with Crippen LogP contribution in [0.15, 0.2) is 53.9 Å². The summed E-state index contributed by atoms with van der Waals surface area (Å²) in [6.45, 7) is 2.15. The van der Waals surface area contributed by atoms with E-state index in [4.69, 9.17) is 0 Å². The van der Waals surface area contributed by atoms with Gasteiger partial charge in [-0.2, -0.15) is 0 Å². The van der Waals surface area contributed by atoms with Crippen LogP contribution in [0.2, 0.25) is 0 Å². The van der Waals surface area contributed by atoms with Crippen molar-refractivity contribution in [2.45, 2.75) is 13.3 Å². The van der Waals surface area contributed by atoms with E-state index in [9.17, 15) is 5.11 Å². The molecule has 0 unspecified atom stereocenters. The Bertz CT molecular complexity index is 716. The van der Waals surface area contributed by atoms with Gasteiger partial charge in [0.25, 0.3) is 0 Å². The number of hydrogen-bond donors (Lipinski definition) is 1. The minimum atomic E-state index is 0.270. The molecule has 0 aliphatic rings. The fourth-order valence-electron chi connectivity index (χ4n) is 2.09. The Balaban J connectivity index is 1.93. The van der Waals surface area contributed by atoms with Crippen LogP contribution in [-0.2, 0) is 6.42 Å². The van der Waals surface area contributed by atoms with Gasteiger partial charge in [-0.3, -0.25) is 0 Å². The topological polar surface area (TPSA) is 33.1 Å². The molecule has 0 saturated carbocycles. The maximum atomic E-state index is 9.53. The molecule has 0 radical (unpaired) electrons. The number of thiazole rings is 1. The Labute approximate surface area is 122 Å². The Hall–Kier alpha value is -2.13. The summed E-state index contributed by atoms with van der Waals surface area (Å²) in [4.78, 5) is 4.65. The molecule has 0 bridgehead atoms. The van der Waals surface area contributed by atoms with Gasteiger partial charge in [-0.1, -0.05) is 43.3 Å². The van der Waals surface area contributed by atoms with Crippen molar-refractivity contribution in [1.82, 2.24) is 4.98 Å². The third kappa shape index (κ3) is 2.58. The van der Waals surface area contributed by atoms with Gasteiger partial charge in [-0.25, -0.2) is 4.98 Å². The van der Waals surface area contributed by atoms with Crippen molar-refractivity contribution in [3.63, 3.8) is 0 Å². The van der Waals surface area contributed by atoms with Gasteiger partial charge in [0.1, 0.15) is 10.8 Å². The quantitative estimate of drug-likeness (QED) is 0.752. The summed E-state index contributed by atoms with van der Waals surface area (Å²) in [5, 5.41) is 12.5. The number of hydrogen-bond acceptors (Lipinski definition) is 3. The highest BCUT2D eigenvalue weighted by atomic mass is 32.1. The maximum Gasteiger partial charge on any atom is 0.124 e. The average Bonchev–Trinajstić information content (AvgIpc) is 2.97. The highest BCUT2D eigenvalue weighted by molar-refractivity contribution is 7.13. The second-order valence-electron chi connectivity index (χ2n) is 4.64. The van der Waals surface area contributed by atoms with Crippen LogP contribution in [0, 0.1) is 0 Å². The van der Waals surface area contributed by atoms with Crippen molar-refractivity contribution < 1.29 is 5.11 Å². The monoisotopic (exact) mass is 281 g/mol. The molecule has 1 heterocycles. The summed E-state index contributed by atoms with van der Waals surface area (Å²) in [6.07, 6.45) is 1.05. The van der Waals surface area contributed by atoms with Crippen molar-refractivity contribution in [1.29, 1.82) is 0 Å². The van der Waals surface area contributed by atoms with Gasteiger partial charge in [0.2, 0.25) is 0 Å². The van der Waals surface area contributed by atoms with Crippen LogP contribution in [0.25, 0.3) is 21.8 Å². The van der Waals surface area contributed by atoms with Gasteiger partial charge >= 0.3 is 0 Å². The average molecular weight is 281 g/mol. The lowest BCUT2D eigenvalue weighted by Crippen LogP contribution is -1.82. The summed E-state index contributed by atoms with van der Waals surface area (Å²) in [7, 11) is 0. The second kappa shape index (κ2) is 5.47. The lowest BCUT2D eigenvalue weighted by molar-refractivity contribution is 0.475. The standard InChI is InChI=1S/C17H15NOS/c1-2-12-6-8-13(9-7-12)16-11-20-17(18-16)14-4-3-5-15(19)10-14/h3-11,19H,2H2,1H3. The molecular formula is C17H15NOS. The molecule has 0 aliphatic heterocycles. The van der Waals surface area contributed by atoms with E-state index in [0.29, 0.717) is 0 Å². The largest absolute Gasteiger partial charge is 0.508 e. The van der Waals surface area contributed by atoms with Crippen LogP contribution < -0.4 is 0 Å². The number of aromatic hydroxyl groups is 1. The zero-order valence-electron chi connectivity index (χ0n) is 11.2. The lowest BCUT2D eigenvalue weighted by Gasteiger charge is -1.99. The third-order valence-electron chi connectivity index (χ3n) is 3.26. The molecule has 0 fully saturated rings. The number of aryl methyl sites for hydroxylation is 1. The number of nitrogens with zero attached hydrogens (tertiary/aromatic N) is 1. The second-order valence-corrected chi connectivity index (χ2v) is 5.50. The summed E-state index contributed by atoms with van der Waals surface area (Å²) in [6, 6.07) is 15.7. The van der Waals surface area contributed by atoms with E-state index in [0.717, 1.165) is 28.2 Å². The van der Waals surface area contributed by atoms with Crippen molar-refractivity contribution in [2.24, 2.45) is 0 Å². The van der Waals surface area contributed by atoms with Gasteiger partial charge in [0.05, 0.1) is 5.69 Å². The van der Waals surface area contributed by atoms with Gasteiger partial charge in [0, 0.05) is 16.5 Å². The van der Waals surface area contributed by atoms with Crippen LogP contribution >= 0.6 is 11.3 Å². The van der Waals surface area contributed by atoms with Crippen molar-refractivity contribution in [3.8, 4) is 27.6 Å². The number of aromatic nitrogens is 1. The van der Waals surface area contributed by atoms with Crippen LogP contribution in [0.4, 0.5) is 0 Å². The first-order valence-electron chi connectivity index (χ1n) is 6.60. The highest BCUT2D eigenvalue weighted by Gasteiger charge is 2.07. The maximum absolute atomic E-state index is 9.53. The predicted octanol–water partition coefficient (Wildman–Crippen LogP) is 4.75. The molecule has 0 aliphatic carbocycles. The first-order valence-corrected chi connectivity index (χ1v) is 7.48. The molecule has 0 amide bonds. The molecule has 2 nitrogen and oxygen atoms in total. The van der Waals surface area contributed by atoms with Gasteiger partial charge in [-0.05, 0) is 24.1 Å². The molecule has 20 heavy (non-hydrogen) atoms. The molecule has 0 atom stereocenters. The third-order valence-corrected chi connectivity index (χ3v) is 4.15. The predicted molar refractivity (Wildman–Crippen MR) is 84.0 cm³/mol. The zero-order chi connectivity index (χ0) is 13.9. The Morgan fingerprint density at radius 2 is 1.85 bits per heavy atom. The number of benzene rings is 2. The first-order chi connectivity index (χ1) is 9.76. The SMILES string of the molecule is CCc1ccc(-c2csc(-c3cccc(O)c3)n2)cc1. The molecule has 3 rings (SSSR count). The summed E-state index contributed by atoms with van der Waals surface area (Å²) in [5.74, 6) is 0.270. The van der Waals surface area contributed by atoms with Crippen molar-refractivity contribution in [2.75, 3.05) is 0 Å². The van der Waals surface area contributed by atoms with Crippen LogP contribution in [-0.4, -0.2) is 10.1 Å². The van der Waals surface area contributed by atoms with Gasteiger partial charge in [0.15, 0.2) is 0 Å². The van der Waals surface area contributed by atoms with Gasteiger partial charge < -0.3 is 5.11 Å². The molecule has 0 spiro atoms. The van der Waals surface area contributed by atoms with Crippen molar-refractivity contribution in [3.05, 3.63) is 59.5 Å². The molecule has 3 aromatic rings. The first kappa shape index (κ1) is 12.9. The van der Waals surface area contributed by atoms with Crippen molar-refractivity contribution >= 4 is 11.3 Å². The van der Waals surface area contributed by atoms with E-state index in [1.165, 1.54) is 5.56 Å². The molecular weight excluding hydrogens is 266 g/mol. The van der Waals surface area contributed by atoms with E-state index in [2.05, 4.69) is 41.6 Å². The zero-order valence-corrected chi connectivity index (χ0v) is 12.0. The number of rotatable bonds is 3. The van der Waals surface area contributed by atoms with Crippen LogP contribution in [0.3, 0.4) is 0 Å². The summed E-state index contributed by atoms with van der Waals surface area (Å²) >= 11 is 1.59. The Morgan fingerprint density at radius 1 is 1.05 bits per heavy atom. The van der Waals surface area contributed by atoms with E-state index < -0.39 is 0 Å². The van der Waals surface area contributed by atoms with E-state index >= 15 is 0 Å². The number of phenols is 1. The normalized spacial score (nSPS) is 10.7. The minimum absolute atomic E-state index is 0.270. The molecule has 0 saturated heterocycles. The number of phenolic OH excluding ortho intramolecular Hbond substituents is 1. The van der Waals surface area contributed by atoms with Crippen LogP contribution in [0.5, 0.6) is 5.75 Å². The fourth-order valence-corrected chi connectivity index (χ4v) is 2.92. The highest BCUT2D eigenvalue weighted by Crippen LogP contribution is 2.30. The lowest BCUT2D eigenvalue weighted by atomic mass is 10.1. The summed E-state index contributed by atoms with van der Waals surface area (Å²) < 4.78 is 0. The van der Waals surface area contributed by atoms with Gasteiger partial charge in [-0.15, -0.1) is 11.3 Å². The summed E-state index contributed by atoms with van der Waals surface area (Å²) in [5.41, 5.74) is 4.39. The molecule has 1 aromatic heterocycles.